The molecule has 55 heavy (non-hydrogen) atoms. The summed E-state index contributed by atoms with van der Waals surface area (Å²) in [4.78, 5) is 52.6. The van der Waals surface area contributed by atoms with Crippen molar-refractivity contribution < 1.29 is 61.6 Å². The van der Waals surface area contributed by atoms with Gasteiger partial charge in [0.2, 0.25) is 0 Å². The summed E-state index contributed by atoms with van der Waals surface area (Å²) in [6.07, 6.45) is 34.2. The number of aliphatic hydroxyl groups excluding tert-OH is 1. The molecule has 0 fully saturated rings. The van der Waals surface area contributed by atoms with E-state index in [1.54, 1.807) is 0 Å². The van der Waals surface area contributed by atoms with Crippen LogP contribution in [-0.4, -0.2) is 70.4 Å². The normalized spacial score (nSPS) is 14.5. The Morgan fingerprint density at radius 1 is 0.527 bits per heavy atom. The van der Waals surface area contributed by atoms with Gasteiger partial charge in [-0.25, -0.2) is 9.13 Å². The first-order valence-electron chi connectivity index (χ1n) is 20.7. The largest absolute Gasteiger partial charge is 0.472 e. The maximum atomic E-state index is 12.6. The molecule has 3 unspecified atom stereocenters. The standard InChI is InChI=1S/C40H74O13P2/c1-3-5-7-9-11-13-15-17-18-20-22-24-26-28-30-32-40(43)53-38(36-52-55(47,48)51-34-37(41)33-50-54(44,45)46)35-49-39(42)31-29-27-25-23-21-19-16-14-12-10-8-6-4-2/h11,13-14,16-18,37-38,41H,3-10,12,15,19-36H2,1-2H3,(H,47,48)(H2,44,45,46). The Labute approximate surface area is 331 Å². The van der Waals surface area contributed by atoms with E-state index in [-0.39, 0.29) is 12.8 Å². The van der Waals surface area contributed by atoms with Gasteiger partial charge in [0.25, 0.3) is 0 Å². The van der Waals surface area contributed by atoms with Crippen LogP contribution in [0.15, 0.2) is 36.5 Å². The number of allylic oxidation sites excluding steroid dienone is 6. The van der Waals surface area contributed by atoms with Gasteiger partial charge in [0.1, 0.15) is 12.7 Å². The molecular weight excluding hydrogens is 750 g/mol. The Hall–Kier alpha value is -1.66. The summed E-state index contributed by atoms with van der Waals surface area (Å²) in [6.45, 7) is 1.69. The van der Waals surface area contributed by atoms with Gasteiger partial charge in [-0.2, -0.15) is 0 Å². The molecule has 0 spiro atoms. The molecule has 0 bridgehead atoms. The second-order valence-corrected chi connectivity index (χ2v) is 16.6. The SMILES string of the molecule is CCCCCC=CCC=CCCCCCCCC(=O)OC(COC(=O)CCCCCCCC=CCCCCCC)COP(=O)(O)OCC(O)COP(=O)(O)O. The summed E-state index contributed by atoms with van der Waals surface area (Å²) < 4.78 is 47.7. The number of hydrogen-bond acceptors (Lipinski definition) is 10. The molecule has 0 aromatic carbocycles. The summed E-state index contributed by atoms with van der Waals surface area (Å²) in [7, 11) is -9.67. The molecule has 3 atom stereocenters. The molecule has 15 heteroatoms. The number of unbranched alkanes of at least 4 members (excludes halogenated alkanes) is 17. The number of ether oxygens (including phenoxy) is 2. The quantitative estimate of drug-likeness (QED) is 0.0198. The molecule has 0 aromatic heterocycles. The zero-order valence-corrected chi connectivity index (χ0v) is 35.6. The first-order chi connectivity index (χ1) is 26.4. The fraction of sp³-hybridized carbons (Fsp3) is 0.800. The van der Waals surface area contributed by atoms with E-state index in [0.29, 0.717) is 12.8 Å². The highest BCUT2D eigenvalue weighted by Gasteiger charge is 2.28. The number of carbonyl (C=O) groups excluding carboxylic acids is 2. The van der Waals surface area contributed by atoms with Crippen LogP contribution in [0.5, 0.6) is 0 Å². The van der Waals surface area contributed by atoms with Crippen LogP contribution >= 0.6 is 15.6 Å². The number of rotatable bonds is 39. The van der Waals surface area contributed by atoms with Crippen molar-refractivity contribution in [3.63, 3.8) is 0 Å². The molecule has 0 amide bonds. The van der Waals surface area contributed by atoms with Crippen LogP contribution in [0.4, 0.5) is 0 Å². The minimum atomic E-state index is -4.86. The predicted molar refractivity (Wildman–Crippen MR) is 216 cm³/mol. The zero-order valence-electron chi connectivity index (χ0n) is 33.8. The third-order valence-electron chi connectivity index (χ3n) is 8.49. The summed E-state index contributed by atoms with van der Waals surface area (Å²) in [5, 5.41) is 9.73. The van der Waals surface area contributed by atoms with Gasteiger partial charge in [-0.3, -0.25) is 23.2 Å². The van der Waals surface area contributed by atoms with Crippen LogP contribution in [0.1, 0.15) is 168 Å². The van der Waals surface area contributed by atoms with Gasteiger partial charge in [-0.05, 0) is 70.6 Å². The molecule has 0 rings (SSSR count). The van der Waals surface area contributed by atoms with Crippen molar-refractivity contribution in [1.82, 2.24) is 0 Å². The van der Waals surface area contributed by atoms with E-state index in [2.05, 4.69) is 59.4 Å². The summed E-state index contributed by atoms with van der Waals surface area (Å²) in [5.41, 5.74) is 0. The van der Waals surface area contributed by atoms with Crippen LogP contribution < -0.4 is 0 Å². The molecule has 0 aliphatic rings. The van der Waals surface area contributed by atoms with Crippen LogP contribution in [0, 0.1) is 0 Å². The second kappa shape index (κ2) is 36.7. The molecule has 13 nitrogen and oxygen atoms in total. The van der Waals surface area contributed by atoms with Gasteiger partial charge in [-0.1, -0.05) is 121 Å². The van der Waals surface area contributed by atoms with Gasteiger partial charge >= 0.3 is 27.6 Å². The molecule has 0 radical (unpaired) electrons. The Balaban J connectivity index is 4.59. The number of aliphatic hydroxyl groups is 1. The maximum absolute atomic E-state index is 12.6. The lowest BCUT2D eigenvalue weighted by molar-refractivity contribution is -0.161. The van der Waals surface area contributed by atoms with Gasteiger partial charge in [0.05, 0.1) is 19.8 Å². The Kier molecular flexibility index (Phi) is 35.6. The Morgan fingerprint density at radius 3 is 1.49 bits per heavy atom. The molecular formula is C40H74O13P2. The lowest BCUT2D eigenvalue weighted by Crippen LogP contribution is -2.30. The molecule has 322 valence electrons. The third kappa shape index (κ3) is 40.3. The smallest absolute Gasteiger partial charge is 0.462 e. The molecule has 4 N–H and O–H groups in total. The van der Waals surface area contributed by atoms with Gasteiger partial charge in [-0.15, -0.1) is 0 Å². The highest BCUT2D eigenvalue weighted by molar-refractivity contribution is 7.47. The predicted octanol–water partition coefficient (Wildman–Crippen LogP) is 10.1. The van der Waals surface area contributed by atoms with E-state index in [1.165, 1.54) is 44.9 Å². The van der Waals surface area contributed by atoms with E-state index >= 15 is 0 Å². The second-order valence-electron chi connectivity index (χ2n) is 13.9. The topological polar surface area (TPSA) is 195 Å². The van der Waals surface area contributed by atoms with Crippen molar-refractivity contribution in [1.29, 1.82) is 0 Å². The highest BCUT2D eigenvalue weighted by Crippen LogP contribution is 2.43. The molecule has 0 saturated carbocycles. The van der Waals surface area contributed by atoms with E-state index in [1.807, 2.05) is 0 Å². The van der Waals surface area contributed by atoms with Crippen LogP contribution in [0.2, 0.25) is 0 Å². The van der Waals surface area contributed by atoms with Crippen molar-refractivity contribution in [3.05, 3.63) is 36.5 Å². The van der Waals surface area contributed by atoms with Crippen molar-refractivity contribution in [2.45, 2.75) is 180 Å². The van der Waals surface area contributed by atoms with Crippen LogP contribution in [-0.2, 0) is 41.8 Å². The van der Waals surface area contributed by atoms with E-state index in [4.69, 9.17) is 23.8 Å². The van der Waals surface area contributed by atoms with Crippen molar-refractivity contribution in [3.8, 4) is 0 Å². The molecule has 0 aromatic rings. The minimum absolute atomic E-state index is 0.114. The van der Waals surface area contributed by atoms with Gasteiger partial charge in [0.15, 0.2) is 6.10 Å². The Bertz CT molecular complexity index is 1120. The first-order valence-corrected chi connectivity index (χ1v) is 23.7. The first kappa shape index (κ1) is 53.3. The summed E-state index contributed by atoms with van der Waals surface area (Å²) in [5.74, 6) is -1.06. The summed E-state index contributed by atoms with van der Waals surface area (Å²) in [6, 6.07) is 0. The number of carbonyl (C=O) groups is 2. The van der Waals surface area contributed by atoms with E-state index < -0.39 is 66.2 Å². The van der Waals surface area contributed by atoms with E-state index in [0.717, 1.165) is 83.5 Å². The number of phosphoric acid groups is 2. The lowest BCUT2D eigenvalue weighted by Gasteiger charge is -2.20. The van der Waals surface area contributed by atoms with Gasteiger partial charge in [0, 0.05) is 12.8 Å². The highest BCUT2D eigenvalue weighted by atomic mass is 31.2. The fourth-order valence-electron chi connectivity index (χ4n) is 5.31. The third-order valence-corrected chi connectivity index (χ3v) is 9.93. The fourth-order valence-corrected chi connectivity index (χ4v) is 6.47. The van der Waals surface area contributed by atoms with Crippen molar-refractivity contribution in [2.75, 3.05) is 26.4 Å². The molecule has 0 saturated heterocycles. The van der Waals surface area contributed by atoms with Crippen molar-refractivity contribution in [2.24, 2.45) is 0 Å². The zero-order chi connectivity index (χ0) is 40.9. The average molecular weight is 825 g/mol. The van der Waals surface area contributed by atoms with Gasteiger partial charge < -0.3 is 29.3 Å². The molecule has 0 aliphatic heterocycles. The maximum Gasteiger partial charge on any atom is 0.472 e. The monoisotopic (exact) mass is 824 g/mol. The lowest BCUT2D eigenvalue weighted by atomic mass is 10.1. The summed E-state index contributed by atoms with van der Waals surface area (Å²) >= 11 is 0. The number of phosphoric ester groups is 2. The van der Waals surface area contributed by atoms with Crippen LogP contribution in [0.3, 0.4) is 0 Å². The van der Waals surface area contributed by atoms with Crippen molar-refractivity contribution >= 4 is 27.6 Å². The molecule has 0 aliphatic carbocycles. The van der Waals surface area contributed by atoms with E-state index in [9.17, 15) is 28.7 Å². The minimum Gasteiger partial charge on any atom is -0.462 e. The number of hydrogen-bond donors (Lipinski definition) is 4. The molecule has 0 heterocycles. The average Bonchev–Trinajstić information content (AvgIpc) is 3.14. The van der Waals surface area contributed by atoms with Crippen LogP contribution in [0.25, 0.3) is 0 Å². The number of esters is 2. The Morgan fingerprint density at radius 2 is 0.945 bits per heavy atom.